The van der Waals surface area contributed by atoms with Crippen molar-refractivity contribution in [2.24, 2.45) is 4.99 Å². The molecule has 154 valence electrons. The number of methoxy groups -OCH3 is 2. The summed E-state index contributed by atoms with van der Waals surface area (Å²) in [6.45, 7) is 5.33. The van der Waals surface area contributed by atoms with Crippen molar-refractivity contribution in [3.63, 3.8) is 0 Å². The van der Waals surface area contributed by atoms with Gasteiger partial charge in [-0.1, -0.05) is 18.2 Å². The van der Waals surface area contributed by atoms with Crippen LogP contribution in [0.4, 0.5) is 0 Å². The van der Waals surface area contributed by atoms with Crippen LogP contribution in [0.15, 0.2) is 47.5 Å². The highest BCUT2D eigenvalue weighted by atomic mass is 127. The number of hydrogen-bond acceptors (Lipinski definition) is 4. The predicted octanol–water partition coefficient (Wildman–Crippen LogP) is 3.76. The van der Waals surface area contributed by atoms with Crippen molar-refractivity contribution in [1.82, 2.24) is 10.6 Å². The summed E-state index contributed by atoms with van der Waals surface area (Å²) in [6, 6.07) is 13.9. The predicted molar refractivity (Wildman–Crippen MR) is 124 cm³/mol. The van der Waals surface area contributed by atoms with Crippen LogP contribution < -0.4 is 24.8 Å². The molecular weight excluding hydrogens is 469 g/mol. The lowest BCUT2D eigenvalue weighted by Crippen LogP contribution is -2.41. The van der Waals surface area contributed by atoms with Gasteiger partial charge in [-0.05, 0) is 49.2 Å². The van der Waals surface area contributed by atoms with Gasteiger partial charge in [0, 0.05) is 13.6 Å². The fourth-order valence-electron chi connectivity index (χ4n) is 2.60. The van der Waals surface area contributed by atoms with Gasteiger partial charge in [-0.25, -0.2) is 0 Å². The van der Waals surface area contributed by atoms with Crippen LogP contribution in [0.5, 0.6) is 17.2 Å². The molecule has 0 saturated carbocycles. The highest BCUT2D eigenvalue weighted by Crippen LogP contribution is 2.27. The van der Waals surface area contributed by atoms with E-state index in [-0.39, 0.29) is 30.1 Å². The molecule has 0 amide bonds. The highest BCUT2D eigenvalue weighted by Gasteiger charge is 2.08. The molecule has 28 heavy (non-hydrogen) atoms. The number of nitrogens with zero attached hydrogens (tertiary/aromatic N) is 1. The second-order valence-electron chi connectivity index (χ2n) is 6.24. The van der Waals surface area contributed by atoms with E-state index in [1.165, 1.54) is 5.56 Å². The fourth-order valence-corrected chi connectivity index (χ4v) is 2.60. The van der Waals surface area contributed by atoms with Gasteiger partial charge in [0.2, 0.25) is 0 Å². The van der Waals surface area contributed by atoms with E-state index in [9.17, 15) is 0 Å². The molecule has 0 spiro atoms. The monoisotopic (exact) mass is 499 g/mol. The Morgan fingerprint density at radius 1 is 1.04 bits per heavy atom. The number of halogens is 1. The normalized spacial score (nSPS) is 11.8. The summed E-state index contributed by atoms with van der Waals surface area (Å²) in [5.74, 6) is 3.01. The molecule has 0 heterocycles. The van der Waals surface area contributed by atoms with Crippen LogP contribution in [0.2, 0.25) is 0 Å². The van der Waals surface area contributed by atoms with E-state index in [1.807, 2.05) is 43.3 Å². The van der Waals surface area contributed by atoms with E-state index in [0.717, 1.165) is 11.3 Å². The second-order valence-corrected chi connectivity index (χ2v) is 6.24. The Bertz CT molecular complexity index is 768. The molecule has 0 bridgehead atoms. The molecule has 0 aromatic heterocycles. The molecule has 0 radical (unpaired) electrons. The molecule has 0 aliphatic rings. The smallest absolute Gasteiger partial charge is 0.191 e. The lowest BCUT2D eigenvalue weighted by Gasteiger charge is -2.18. The van der Waals surface area contributed by atoms with Crippen molar-refractivity contribution in [3.8, 4) is 17.2 Å². The maximum atomic E-state index is 5.93. The average Bonchev–Trinajstić information content (AvgIpc) is 2.67. The van der Waals surface area contributed by atoms with Crippen LogP contribution in [0, 0.1) is 6.92 Å². The lowest BCUT2D eigenvalue weighted by molar-refractivity contribution is 0.223. The topological polar surface area (TPSA) is 64.1 Å². The third-order valence-corrected chi connectivity index (χ3v) is 4.02. The van der Waals surface area contributed by atoms with Gasteiger partial charge in [-0.2, -0.15) is 0 Å². The Hall–Kier alpha value is -2.16. The largest absolute Gasteiger partial charge is 0.493 e. The molecule has 0 saturated heterocycles. The minimum absolute atomic E-state index is 0. The summed E-state index contributed by atoms with van der Waals surface area (Å²) in [5, 5.41) is 6.57. The zero-order valence-electron chi connectivity index (χ0n) is 17.1. The Labute approximate surface area is 184 Å². The molecule has 6 nitrogen and oxygen atoms in total. The van der Waals surface area contributed by atoms with Crippen LogP contribution in [-0.2, 0) is 6.54 Å². The fraction of sp³-hybridized carbons (Fsp3) is 0.381. The molecule has 2 N–H and O–H groups in total. The molecule has 2 aromatic rings. The van der Waals surface area contributed by atoms with E-state index in [4.69, 9.17) is 14.2 Å². The third-order valence-electron chi connectivity index (χ3n) is 4.02. The minimum atomic E-state index is 0. The van der Waals surface area contributed by atoms with Gasteiger partial charge in [0.05, 0.1) is 20.8 Å². The van der Waals surface area contributed by atoms with Crippen molar-refractivity contribution in [2.45, 2.75) is 26.5 Å². The number of ether oxygens (including phenoxy) is 3. The zero-order valence-corrected chi connectivity index (χ0v) is 19.4. The summed E-state index contributed by atoms with van der Waals surface area (Å²) in [6.07, 6.45) is 0.00595. The molecule has 0 fully saturated rings. The SMILES string of the molecule is CN=C(NCc1ccc(OC)c(OC)c1)NCC(C)Oc1cccc(C)c1.I. The Balaban J connectivity index is 0.00000392. The van der Waals surface area contributed by atoms with Gasteiger partial charge in [-0.15, -0.1) is 24.0 Å². The van der Waals surface area contributed by atoms with Crippen LogP contribution in [0.3, 0.4) is 0 Å². The molecule has 0 aliphatic heterocycles. The van der Waals surface area contributed by atoms with Gasteiger partial charge < -0.3 is 24.8 Å². The quantitative estimate of drug-likeness (QED) is 0.329. The van der Waals surface area contributed by atoms with Crippen molar-refractivity contribution in [3.05, 3.63) is 53.6 Å². The highest BCUT2D eigenvalue weighted by molar-refractivity contribution is 14.0. The Morgan fingerprint density at radius 3 is 2.43 bits per heavy atom. The molecule has 7 heteroatoms. The Morgan fingerprint density at radius 2 is 1.79 bits per heavy atom. The number of aryl methyl sites for hydroxylation is 1. The number of nitrogens with one attached hydrogen (secondary N) is 2. The van der Waals surface area contributed by atoms with Gasteiger partial charge in [0.15, 0.2) is 17.5 Å². The summed E-state index contributed by atoms with van der Waals surface area (Å²) in [5.41, 5.74) is 2.25. The zero-order chi connectivity index (χ0) is 19.6. The maximum absolute atomic E-state index is 5.93. The standard InChI is InChI=1S/C21H29N3O3.HI/c1-15-7-6-8-18(11-15)27-16(2)13-23-21(22-3)24-14-17-9-10-19(25-4)20(12-17)26-5;/h6-12,16H,13-14H2,1-5H3,(H2,22,23,24);1H. The van der Waals surface area contributed by atoms with Crippen LogP contribution in [-0.4, -0.2) is 39.9 Å². The summed E-state index contributed by atoms with van der Waals surface area (Å²) in [4.78, 5) is 4.26. The first-order valence-electron chi connectivity index (χ1n) is 8.94. The second kappa shape index (κ2) is 12.3. The minimum Gasteiger partial charge on any atom is -0.493 e. The van der Waals surface area contributed by atoms with E-state index in [2.05, 4.69) is 28.6 Å². The van der Waals surface area contributed by atoms with Crippen molar-refractivity contribution < 1.29 is 14.2 Å². The number of benzene rings is 2. The van der Waals surface area contributed by atoms with E-state index in [0.29, 0.717) is 30.5 Å². The van der Waals surface area contributed by atoms with Gasteiger partial charge >= 0.3 is 0 Å². The number of rotatable bonds is 8. The molecule has 0 aliphatic carbocycles. The van der Waals surface area contributed by atoms with E-state index in [1.54, 1.807) is 21.3 Å². The summed E-state index contributed by atoms with van der Waals surface area (Å²) < 4.78 is 16.5. The van der Waals surface area contributed by atoms with Crippen LogP contribution in [0.1, 0.15) is 18.1 Å². The van der Waals surface area contributed by atoms with Gasteiger partial charge in [0.25, 0.3) is 0 Å². The molecule has 2 aromatic carbocycles. The first-order valence-corrected chi connectivity index (χ1v) is 8.94. The third kappa shape index (κ3) is 7.46. The molecular formula is C21H30IN3O3. The Kier molecular flexibility index (Phi) is 10.5. The van der Waals surface area contributed by atoms with Gasteiger partial charge in [0.1, 0.15) is 11.9 Å². The first-order chi connectivity index (χ1) is 13.0. The summed E-state index contributed by atoms with van der Waals surface area (Å²) in [7, 11) is 5.00. The van der Waals surface area contributed by atoms with Crippen LogP contribution in [0.25, 0.3) is 0 Å². The first kappa shape index (κ1) is 23.9. The average molecular weight is 499 g/mol. The lowest BCUT2D eigenvalue weighted by atomic mass is 10.2. The van der Waals surface area contributed by atoms with Crippen molar-refractivity contribution in [1.29, 1.82) is 0 Å². The van der Waals surface area contributed by atoms with Crippen LogP contribution >= 0.6 is 24.0 Å². The van der Waals surface area contributed by atoms with Crippen molar-refractivity contribution >= 4 is 29.9 Å². The number of aliphatic imine (C=N–C) groups is 1. The maximum Gasteiger partial charge on any atom is 0.191 e. The summed E-state index contributed by atoms with van der Waals surface area (Å²) >= 11 is 0. The molecule has 1 atom stereocenters. The molecule has 1 unspecified atom stereocenters. The van der Waals surface area contributed by atoms with Crippen molar-refractivity contribution in [2.75, 3.05) is 27.8 Å². The molecule has 2 rings (SSSR count). The number of hydrogen-bond donors (Lipinski definition) is 2. The van der Waals surface area contributed by atoms with E-state index >= 15 is 0 Å². The van der Waals surface area contributed by atoms with Gasteiger partial charge in [-0.3, -0.25) is 4.99 Å². The van der Waals surface area contributed by atoms with E-state index < -0.39 is 0 Å². The number of guanidine groups is 1.